The predicted molar refractivity (Wildman–Crippen MR) is 66.2 cm³/mol. The Bertz CT molecular complexity index is 335. The van der Waals surface area contributed by atoms with Crippen LogP contribution >= 0.6 is 11.6 Å². The van der Waals surface area contributed by atoms with Crippen LogP contribution < -0.4 is 5.43 Å². The standard InChI is InChI=1S/C12H17ClN2O/c1-15(2)14-12(16)5-3-4-10-6-8-11(13)9-7-10/h6-9H,3-5H2,1-2H3,(H,14,16). The van der Waals surface area contributed by atoms with Gasteiger partial charge in [0.2, 0.25) is 5.91 Å². The number of rotatable bonds is 5. The number of nitrogens with zero attached hydrogens (tertiary/aromatic N) is 1. The lowest BCUT2D eigenvalue weighted by atomic mass is 10.1. The molecule has 0 aliphatic rings. The Morgan fingerprint density at radius 2 is 1.94 bits per heavy atom. The van der Waals surface area contributed by atoms with Crippen LogP contribution in [0.3, 0.4) is 0 Å². The Morgan fingerprint density at radius 3 is 2.50 bits per heavy atom. The van der Waals surface area contributed by atoms with E-state index in [0.29, 0.717) is 6.42 Å². The second kappa shape index (κ2) is 6.51. The van der Waals surface area contributed by atoms with E-state index in [4.69, 9.17) is 11.6 Å². The van der Waals surface area contributed by atoms with Gasteiger partial charge < -0.3 is 0 Å². The minimum absolute atomic E-state index is 0.0546. The van der Waals surface area contributed by atoms with Crippen LogP contribution in [-0.4, -0.2) is 25.0 Å². The number of nitrogens with one attached hydrogen (secondary N) is 1. The molecular weight excluding hydrogens is 224 g/mol. The first-order valence-corrected chi connectivity index (χ1v) is 5.67. The number of amides is 1. The topological polar surface area (TPSA) is 32.3 Å². The van der Waals surface area contributed by atoms with E-state index >= 15 is 0 Å². The average molecular weight is 241 g/mol. The van der Waals surface area contributed by atoms with Crippen LogP contribution in [0.25, 0.3) is 0 Å². The van der Waals surface area contributed by atoms with Crippen molar-refractivity contribution < 1.29 is 4.79 Å². The average Bonchev–Trinajstić information content (AvgIpc) is 2.20. The van der Waals surface area contributed by atoms with E-state index in [9.17, 15) is 4.79 Å². The lowest BCUT2D eigenvalue weighted by Gasteiger charge is -2.11. The normalized spacial score (nSPS) is 10.5. The molecule has 0 aliphatic heterocycles. The Hall–Kier alpha value is -1.06. The van der Waals surface area contributed by atoms with Crippen molar-refractivity contribution >= 4 is 17.5 Å². The summed E-state index contributed by atoms with van der Waals surface area (Å²) in [6.45, 7) is 0. The SMILES string of the molecule is CN(C)NC(=O)CCCc1ccc(Cl)cc1. The predicted octanol–water partition coefficient (Wildman–Crippen LogP) is 2.26. The molecule has 0 radical (unpaired) electrons. The molecule has 0 saturated heterocycles. The van der Waals surface area contributed by atoms with Gasteiger partial charge in [-0.25, -0.2) is 5.01 Å². The summed E-state index contributed by atoms with van der Waals surface area (Å²) < 4.78 is 0. The molecule has 0 fully saturated rings. The Labute approximate surface area is 101 Å². The van der Waals surface area contributed by atoms with Crippen LogP contribution in [0.15, 0.2) is 24.3 Å². The van der Waals surface area contributed by atoms with Gasteiger partial charge in [0.15, 0.2) is 0 Å². The number of hydrazine groups is 1. The summed E-state index contributed by atoms with van der Waals surface area (Å²) in [5, 5.41) is 2.40. The summed E-state index contributed by atoms with van der Waals surface area (Å²) in [7, 11) is 3.61. The van der Waals surface area contributed by atoms with Crippen LogP contribution in [0.2, 0.25) is 5.02 Å². The van der Waals surface area contributed by atoms with E-state index in [1.807, 2.05) is 24.3 Å². The first-order chi connectivity index (χ1) is 7.58. The fraction of sp³-hybridized carbons (Fsp3) is 0.417. The van der Waals surface area contributed by atoms with Gasteiger partial charge in [0.25, 0.3) is 0 Å². The monoisotopic (exact) mass is 240 g/mol. The van der Waals surface area contributed by atoms with Crippen LogP contribution in [0.5, 0.6) is 0 Å². The number of aryl methyl sites for hydroxylation is 1. The number of carbonyl (C=O) groups is 1. The van der Waals surface area contributed by atoms with Crippen LogP contribution in [0, 0.1) is 0 Å². The number of benzene rings is 1. The Morgan fingerprint density at radius 1 is 1.31 bits per heavy atom. The van der Waals surface area contributed by atoms with Crippen molar-refractivity contribution in [3.63, 3.8) is 0 Å². The van der Waals surface area contributed by atoms with Gasteiger partial charge in [-0.15, -0.1) is 0 Å². The minimum Gasteiger partial charge on any atom is -0.289 e. The van der Waals surface area contributed by atoms with Crippen molar-refractivity contribution in [3.05, 3.63) is 34.9 Å². The molecule has 0 saturated carbocycles. The van der Waals surface area contributed by atoms with Gasteiger partial charge in [0, 0.05) is 25.5 Å². The van der Waals surface area contributed by atoms with Gasteiger partial charge in [-0.05, 0) is 30.5 Å². The van der Waals surface area contributed by atoms with E-state index in [2.05, 4.69) is 5.43 Å². The van der Waals surface area contributed by atoms with Gasteiger partial charge in [-0.3, -0.25) is 10.2 Å². The highest BCUT2D eigenvalue weighted by Gasteiger charge is 2.01. The van der Waals surface area contributed by atoms with Crippen molar-refractivity contribution in [3.8, 4) is 0 Å². The van der Waals surface area contributed by atoms with Gasteiger partial charge in [0.05, 0.1) is 0 Å². The molecule has 1 rings (SSSR count). The van der Waals surface area contributed by atoms with Crippen molar-refractivity contribution in [1.82, 2.24) is 10.4 Å². The number of hydrogen-bond donors (Lipinski definition) is 1. The van der Waals surface area contributed by atoms with Crippen LogP contribution in [0.4, 0.5) is 0 Å². The molecule has 1 aromatic rings. The van der Waals surface area contributed by atoms with Crippen molar-refractivity contribution in [2.24, 2.45) is 0 Å². The highest BCUT2D eigenvalue weighted by molar-refractivity contribution is 6.30. The molecule has 0 atom stereocenters. The van der Waals surface area contributed by atoms with E-state index in [-0.39, 0.29) is 5.91 Å². The fourth-order valence-electron chi connectivity index (χ4n) is 1.41. The fourth-order valence-corrected chi connectivity index (χ4v) is 1.54. The molecule has 0 heterocycles. The summed E-state index contributed by atoms with van der Waals surface area (Å²) in [5.41, 5.74) is 3.92. The molecule has 88 valence electrons. The molecule has 16 heavy (non-hydrogen) atoms. The second-order valence-corrected chi connectivity index (χ2v) is 4.35. The summed E-state index contributed by atoms with van der Waals surface area (Å²) in [6, 6.07) is 7.73. The maximum absolute atomic E-state index is 11.3. The van der Waals surface area contributed by atoms with E-state index in [0.717, 1.165) is 17.9 Å². The molecule has 3 nitrogen and oxygen atoms in total. The van der Waals surface area contributed by atoms with Crippen molar-refractivity contribution in [2.75, 3.05) is 14.1 Å². The van der Waals surface area contributed by atoms with E-state index in [1.165, 1.54) is 5.56 Å². The lowest BCUT2D eigenvalue weighted by Crippen LogP contribution is -2.35. The largest absolute Gasteiger partial charge is 0.289 e. The molecular formula is C12H17ClN2O. The third-order valence-electron chi connectivity index (χ3n) is 2.13. The van der Waals surface area contributed by atoms with Gasteiger partial charge in [-0.2, -0.15) is 0 Å². The Kier molecular flexibility index (Phi) is 5.29. The lowest BCUT2D eigenvalue weighted by molar-refractivity contribution is -0.124. The van der Waals surface area contributed by atoms with Crippen molar-refractivity contribution in [2.45, 2.75) is 19.3 Å². The molecule has 1 amide bonds. The number of halogens is 1. The van der Waals surface area contributed by atoms with E-state index in [1.54, 1.807) is 19.1 Å². The molecule has 1 N–H and O–H groups in total. The maximum Gasteiger partial charge on any atom is 0.234 e. The Balaban J connectivity index is 2.25. The quantitative estimate of drug-likeness (QED) is 0.801. The molecule has 0 aromatic heterocycles. The van der Waals surface area contributed by atoms with Crippen molar-refractivity contribution in [1.29, 1.82) is 0 Å². The zero-order valence-corrected chi connectivity index (χ0v) is 10.4. The van der Waals surface area contributed by atoms with Gasteiger partial charge in [-0.1, -0.05) is 23.7 Å². The highest BCUT2D eigenvalue weighted by Crippen LogP contribution is 2.11. The highest BCUT2D eigenvalue weighted by atomic mass is 35.5. The second-order valence-electron chi connectivity index (χ2n) is 3.91. The van der Waals surface area contributed by atoms with Crippen LogP contribution in [0.1, 0.15) is 18.4 Å². The molecule has 0 unspecified atom stereocenters. The molecule has 0 bridgehead atoms. The van der Waals surface area contributed by atoms with Gasteiger partial charge >= 0.3 is 0 Å². The zero-order valence-electron chi connectivity index (χ0n) is 9.66. The smallest absolute Gasteiger partial charge is 0.234 e. The van der Waals surface area contributed by atoms with E-state index < -0.39 is 0 Å². The molecule has 0 spiro atoms. The summed E-state index contributed by atoms with van der Waals surface area (Å²) in [4.78, 5) is 11.3. The summed E-state index contributed by atoms with van der Waals surface area (Å²) in [5.74, 6) is 0.0546. The number of carbonyl (C=O) groups excluding carboxylic acids is 1. The molecule has 0 aliphatic carbocycles. The summed E-state index contributed by atoms with van der Waals surface area (Å²) >= 11 is 5.78. The maximum atomic E-state index is 11.3. The third-order valence-corrected chi connectivity index (χ3v) is 2.38. The van der Waals surface area contributed by atoms with Crippen LogP contribution in [-0.2, 0) is 11.2 Å². The summed E-state index contributed by atoms with van der Waals surface area (Å²) in [6.07, 6.45) is 2.29. The first kappa shape index (κ1) is 13.0. The first-order valence-electron chi connectivity index (χ1n) is 5.29. The molecule has 4 heteroatoms. The third kappa shape index (κ3) is 5.14. The van der Waals surface area contributed by atoms with Gasteiger partial charge in [0.1, 0.15) is 0 Å². The minimum atomic E-state index is 0.0546. The zero-order chi connectivity index (χ0) is 12.0. The number of hydrogen-bond acceptors (Lipinski definition) is 2. The molecule has 1 aromatic carbocycles.